The maximum Gasteiger partial charge on any atom is 0.305 e. The van der Waals surface area contributed by atoms with Gasteiger partial charge in [-0.05, 0) is 67.3 Å². The molecule has 4 rings (SSSR count). The summed E-state index contributed by atoms with van der Waals surface area (Å²) in [5, 5.41) is 9.36. The number of carbonyl (C=O) groups excluding carboxylic acids is 2. The Morgan fingerprint density at radius 1 is 1.26 bits per heavy atom. The van der Waals surface area contributed by atoms with Gasteiger partial charge in [0.2, 0.25) is 0 Å². The Bertz CT molecular complexity index is 949. The minimum Gasteiger partial charge on any atom is -0.481 e. The number of carboxylic acid groups (broad SMARTS) is 1. The van der Waals surface area contributed by atoms with E-state index in [1.165, 1.54) is 12.7 Å². The molecule has 2 bridgehead atoms. The normalized spacial score (nSPS) is 39.4. The van der Waals surface area contributed by atoms with Gasteiger partial charge in [0.1, 0.15) is 0 Å². The minimum atomic E-state index is -0.837. The zero-order valence-electron chi connectivity index (χ0n) is 21.4. The summed E-state index contributed by atoms with van der Waals surface area (Å²) in [4.78, 5) is 36.9. The molecule has 6 heteroatoms. The van der Waals surface area contributed by atoms with Crippen LogP contribution in [-0.2, 0) is 23.9 Å². The molecule has 2 heterocycles. The van der Waals surface area contributed by atoms with Crippen molar-refractivity contribution in [2.75, 3.05) is 7.11 Å². The monoisotopic (exact) mass is 472 g/mol. The minimum absolute atomic E-state index is 0.0298. The Labute approximate surface area is 203 Å². The molecule has 2 aliphatic heterocycles. The molecule has 0 aromatic carbocycles. The van der Waals surface area contributed by atoms with Gasteiger partial charge in [-0.1, -0.05) is 32.9 Å². The van der Waals surface area contributed by atoms with Crippen molar-refractivity contribution < 1.29 is 29.0 Å². The average Bonchev–Trinajstić information content (AvgIpc) is 3.22. The molecule has 2 fully saturated rings. The number of esters is 1. The maximum atomic E-state index is 13.7. The molecule has 188 valence electrons. The van der Waals surface area contributed by atoms with Gasteiger partial charge in [0.15, 0.2) is 5.78 Å². The summed E-state index contributed by atoms with van der Waals surface area (Å²) in [5.74, 6) is -0.101. The van der Waals surface area contributed by atoms with E-state index < -0.39 is 11.6 Å². The van der Waals surface area contributed by atoms with Crippen LogP contribution in [0.2, 0.25) is 0 Å². The van der Waals surface area contributed by atoms with Gasteiger partial charge < -0.3 is 14.6 Å². The van der Waals surface area contributed by atoms with Gasteiger partial charge >= 0.3 is 11.9 Å². The lowest BCUT2D eigenvalue weighted by Crippen LogP contribution is -2.52. The van der Waals surface area contributed by atoms with Crippen LogP contribution < -0.4 is 0 Å². The molecular formula is C28H40O6. The van der Waals surface area contributed by atoms with Crippen LogP contribution in [0.5, 0.6) is 0 Å². The molecule has 6 nitrogen and oxygen atoms in total. The number of Topliss-reactive ketones (excluding diaryl/α,β-unsaturated/α-hetero) is 1. The predicted octanol–water partition coefficient (Wildman–Crippen LogP) is 5.26. The Morgan fingerprint density at radius 3 is 2.59 bits per heavy atom. The van der Waals surface area contributed by atoms with Crippen LogP contribution in [0.3, 0.4) is 0 Å². The van der Waals surface area contributed by atoms with Crippen molar-refractivity contribution >= 4 is 17.7 Å². The maximum absolute atomic E-state index is 13.7. The van der Waals surface area contributed by atoms with E-state index in [2.05, 4.69) is 27.4 Å². The van der Waals surface area contributed by atoms with E-state index in [1.54, 1.807) is 0 Å². The third-order valence-electron chi connectivity index (χ3n) is 10.2. The third-order valence-corrected chi connectivity index (χ3v) is 10.2. The number of hydrogen-bond acceptors (Lipinski definition) is 5. The van der Waals surface area contributed by atoms with E-state index in [-0.39, 0.29) is 41.0 Å². The topological polar surface area (TPSA) is 89.9 Å². The first-order valence-corrected chi connectivity index (χ1v) is 12.8. The van der Waals surface area contributed by atoms with Crippen LogP contribution >= 0.6 is 0 Å². The quantitative estimate of drug-likeness (QED) is 0.383. The molecule has 0 aromatic heterocycles. The molecule has 34 heavy (non-hydrogen) atoms. The van der Waals surface area contributed by atoms with Crippen molar-refractivity contribution in [3.8, 4) is 0 Å². The summed E-state index contributed by atoms with van der Waals surface area (Å²) >= 11 is 0. The number of ether oxygens (including phenoxy) is 2. The Morgan fingerprint density at radius 2 is 1.97 bits per heavy atom. The number of fused-ring (bicyclic) bond motifs is 5. The lowest BCUT2D eigenvalue weighted by atomic mass is 9.51. The molecule has 0 unspecified atom stereocenters. The average molecular weight is 473 g/mol. The lowest BCUT2D eigenvalue weighted by molar-refractivity contribution is -0.142. The van der Waals surface area contributed by atoms with Crippen LogP contribution in [0.15, 0.2) is 23.3 Å². The molecule has 0 radical (unpaired) electrons. The van der Waals surface area contributed by atoms with Gasteiger partial charge in [0, 0.05) is 37.2 Å². The highest BCUT2D eigenvalue weighted by atomic mass is 16.5. The van der Waals surface area contributed by atoms with Crippen molar-refractivity contribution in [2.45, 2.75) is 97.2 Å². The fraction of sp³-hybridized carbons (Fsp3) is 0.750. The van der Waals surface area contributed by atoms with Crippen LogP contribution in [0.1, 0.15) is 85.5 Å². The van der Waals surface area contributed by atoms with E-state index in [4.69, 9.17) is 9.47 Å². The standard InChI is InChI=1S/C28H40O6/c1-16(2)20-13-22-25-18(14-28(20,34-22)12-10-23(30)31)21(29)15-27(5)19(9-11-26(25,27)4)17(3)7-8-24(32)33-6/h17,19-20,22H,1,7-15H2,2-6H3,(H,30,31)/t17-,19-,20+,22+,26+,27-,28+/m1/s1. The summed E-state index contributed by atoms with van der Waals surface area (Å²) in [5.41, 5.74) is 2.13. The van der Waals surface area contributed by atoms with E-state index in [9.17, 15) is 19.5 Å². The van der Waals surface area contributed by atoms with Crippen molar-refractivity contribution in [2.24, 2.45) is 28.6 Å². The number of carboxylic acids is 1. The summed E-state index contributed by atoms with van der Waals surface area (Å²) in [6.45, 7) is 13.0. The molecule has 1 saturated carbocycles. The third kappa shape index (κ3) is 3.68. The molecule has 7 atom stereocenters. The smallest absolute Gasteiger partial charge is 0.305 e. The Balaban J connectivity index is 1.68. The van der Waals surface area contributed by atoms with Gasteiger partial charge in [0.25, 0.3) is 0 Å². The molecular weight excluding hydrogens is 432 g/mol. The van der Waals surface area contributed by atoms with Crippen molar-refractivity contribution in [1.82, 2.24) is 0 Å². The summed E-state index contributed by atoms with van der Waals surface area (Å²) < 4.78 is 11.6. The molecule has 2 aliphatic carbocycles. The number of ketones is 1. The van der Waals surface area contributed by atoms with Crippen LogP contribution in [-0.4, -0.2) is 41.6 Å². The highest BCUT2D eigenvalue weighted by Gasteiger charge is 2.66. The van der Waals surface area contributed by atoms with Crippen molar-refractivity contribution in [3.63, 3.8) is 0 Å². The second-order valence-electron chi connectivity index (χ2n) is 11.9. The SMILES string of the molecule is C=C(C)[C@@H]1C[C@@H]2O[C@@]1(CCC(=O)O)CC1=C2[C@]2(C)CC[C@H]([C@H](C)CCC(=O)OC)[C@@]2(C)CC1=O. The molecule has 0 spiro atoms. The first-order chi connectivity index (χ1) is 15.9. The Hall–Kier alpha value is -1.95. The first kappa shape index (κ1) is 25.2. The van der Waals surface area contributed by atoms with Crippen molar-refractivity contribution in [3.05, 3.63) is 23.3 Å². The molecule has 1 saturated heterocycles. The predicted molar refractivity (Wildman–Crippen MR) is 128 cm³/mol. The van der Waals surface area contributed by atoms with Crippen LogP contribution in [0.4, 0.5) is 0 Å². The Kier molecular flexibility index (Phi) is 6.37. The molecule has 1 N–H and O–H groups in total. The fourth-order valence-corrected chi connectivity index (χ4v) is 8.23. The van der Waals surface area contributed by atoms with E-state index in [0.29, 0.717) is 37.5 Å². The van der Waals surface area contributed by atoms with Crippen molar-refractivity contribution in [1.29, 1.82) is 0 Å². The number of aliphatic carboxylic acids is 1. The number of methoxy groups -OCH3 is 1. The van der Waals surface area contributed by atoms with E-state index >= 15 is 0 Å². The highest BCUT2D eigenvalue weighted by molar-refractivity contribution is 5.99. The van der Waals surface area contributed by atoms with Crippen LogP contribution in [0.25, 0.3) is 0 Å². The lowest BCUT2D eigenvalue weighted by Gasteiger charge is -2.54. The summed E-state index contributed by atoms with van der Waals surface area (Å²) in [6, 6.07) is 0. The van der Waals surface area contributed by atoms with Gasteiger partial charge in [-0.25, -0.2) is 0 Å². The van der Waals surface area contributed by atoms with Gasteiger partial charge in [0.05, 0.1) is 18.8 Å². The molecule has 0 amide bonds. The fourth-order valence-electron chi connectivity index (χ4n) is 8.23. The molecule has 4 aliphatic rings. The van der Waals surface area contributed by atoms with Crippen LogP contribution in [0, 0.1) is 28.6 Å². The second kappa shape index (κ2) is 8.61. The van der Waals surface area contributed by atoms with Gasteiger partial charge in [-0.3, -0.25) is 14.4 Å². The first-order valence-electron chi connectivity index (χ1n) is 12.8. The van der Waals surface area contributed by atoms with E-state index in [0.717, 1.165) is 36.8 Å². The van der Waals surface area contributed by atoms with Gasteiger partial charge in [-0.15, -0.1) is 0 Å². The largest absolute Gasteiger partial charge is 0.481 e. The molecule has 0 aromatic rings. The number of carbonyl (C=O) groups is 3. The zero-order valence-corrected chi connectivity index (χ0v) is 21.4. The number of hydrogen-bond donors (Lipinski definition) is 1. The summed E-state index contributed by atoms with van der Waals surface area (Å²) in [7, 11) is 1.42. The highest BCUT2D eigenvalue weighted by Crippen LogP contribution is 2.70. The second-order valence-corrected chi connectivity index (χ2v) is 11.9. The zero-order chi connectivity index (χ0) is 25.1. The van der Waals surface area contributed by atoms with Gasteiger partial charge in [-0.2, -0.15) is 0 Å². The van der Waals surface area contributed by atoms with E-state index in [1.807, 2.05) is 6.92 Å². The number of rotatable bonds is 8. The summed E-state index contributed by atoms with van der Waals surface area (Å²) in [6.07, 6.45) is 5.25.